The van der Waals surface area contributed by atoms with E-state index in [0.717, 1.165) is 17.6 Å². The molecule has 106 valence electrons. The number of nitrogens with zero attached hydrogens (tertiary/aromatic N) is 2. The summed E-state index contributed by atoms with van der Waals surface area (Å²) in [7, 11) is 0. The van der Waals surface area contributed by atoms with Crippen molar-refractivity contribution in [2.75, 3.05) is 11.4 Å². The standard InChI is InChI=1S/C14H22N2O2S/c1-9-5-6-16(10(2)7-9)13-15-11(8-19-13)14(3,4)12(17)18/h8-10H,5-7H2,1-4H3,(H,17,18). The van der Waals surface area contributed by atoms with Crippen LogP contribution in [0, 0.1) is 5.92 Å². The second-order valence-electron chi connectivity index (χ2n) is 6.12. The Morgan fingerprint density at radius 3 is 2.79 bits per heavy atom. The van der Waals surface area contributed by atoms with E-state index in [2.05, 4.69) is 23.7 Å². The molecule has 19 heavy (non-hydrogen) atoms. The summed E-state index contributed by atoms with van der Waals surface area (Å²) in [5, 5.41) is 12.1. The summed E-state index contributed by atoms with van der Waals surface area (Å²) in [5.41, 5.74) is -0.257. The van der Waals surface area contributed by atoms with Crippen molar-refractivity contribution in [1.82, 2.24) is 4.98 Å². The molecule has 2 rings (SSSR count). The molecule has 0 saturated carbocycles. The van der Waals surface area contributed by atoms with Gasteiger partial charge in [0.2, 0.25) is 0 Å². The third-order valence-electron chi connectivity index (χ3n) is 4.05. The highest BCUT2D eigenvalue weighted by Gasteiger charge is 2.33. The van der Waals surface area contributed by atoms with Gasteiger partial charge in [-0.2, -0.15) is 0 Å². The van der Waals surface area contributed by atoms with Crippen LogP contribution in [0.1, 0.15) is 46.2 Å². The number of carbonyl (C=O) groups is 1. The zero-order valence-electron chi connectivity index (χ0n) is 12.0. The minimum atomic E-state index is -0.916. The minimum absolute atomic E-state index is 0.482. The number of hydrogen-bond donors (Lipinski definition) is 1. The van der Waals surface area contributed by atoms with Gasteiger partial charge in [0.25, 0.3) is 0 Å². The van der Waals surface area contributed by atoms with Crippen LogP contribution in [0.15, 0.2) is 5.38 Å². The van der Waals surface area contributed by atoms with Crippen LogP contribution in [0.25, 0.3) is 0 Å². The van der Waals surface area contributed by atoms with Crippen LogP contribution in [-0.4, -0.2) is 28.6 Å². The number of carboxylic acid groups (broad SMARTS) is 1. The molecule has 1 aromatic rings. The van der Waals surface area contributed by atoms with Crippen molar-refractivity contribution in [1.29, 1.82) is 0 Å². The lowest BCUT2D eigenvalue weighted by Crippen LogP contribution is -2.40. The Labute approximate surface area is 118 Å². The van der Waals surface area contributed by atoms with E-state index in [0.29, 0.717) is 11.7 Å². The summed E-state index contributed by atoms with van der Waals surface area (Å²) >= 11 is 1.56. The molecular formula is C14H22N2O2S. The van der Waals surface area contributed by atoms with E-state index < -0.39 is 11.4 Å². The van der Waals surface area contributed by atoms with Gasteiger partial charge in [-0.1, -0.05) is 6.92 Å². The third-order valence-corrected chi connectivity index (χ3v) is 4.93. The first-order chi connectivity index (χ1) is 8.82. The maximum Gasteiger partial charge on any atom is 0.315 e. The third kappa shape index (κ3) is 2.76. The monoisotopic (exact) mass is 282 g/mol. The van der Waals surface area contributed by atoms with Crippen LogP contribution in [-0.2, 0) is 10.2 Å². The van der Waals surface area contributed by atoms with Gasteiger partial charge in [-0.05, 0) is 39.5 Å². The molecule has 0 radical (unpaired) electrons. The molecule has 1 aliphatic heterocycles. The second-order valence-corrected chi connectivity index (χ2v) is 6.95. The first-order valence-corrected chi connectivity index (χ1v) is 7.66. The molecule has 2 heterocycles. The molecule has 2 atom stereocenters. The first kappa shape index (κ1) is 14.3. The lowest BCUT2D eigenvalue weighted by atomic mass is 9.90. The van der Waals surface area contributed by atoms with Crippen molar-refractivity contribution in [3.63, 3.8) is 0 Å². The van der Waals surface area contributed by atoms with Gasteiger partial charge in [-0.15, -0.1) is 11.3 Å². The molecule has 0 aromatic carbocycles. The molecule has 1 fully saturated rings. The predicted octanol–water partition coefficient (Wildman–Crippen LogP) is 3.13. The lowest BCUT2D eigenvalue weighted by molar-refractivity contribution is -0.142. The lowest BCUT2D eigenvalue weighted by Gasteiger charge is -2.36. The highest BCUT2D eigenvalue weighted by atomic mass is 32.1. The van der Waals surface area contributed by atoms with E-state index in [9.17, 15) is 9.90 Å². The highest BCUT2D eigenvalue weighted by Crippen LogP contribution is 2.33. The van der Waals surface area contributed by atoms with E-state index >= 15 is 0 Å². The van der Waals surface area contributed by atoms with E-state index in [4.69, 9.17) is 0 Å². The van der Waals surface area contributed by atoms with Crippen molar-refractivity contribution in [2.24, 2.45) is 5.92 Å². The second kappa shape index (κ2) is 5.12. The number of thiazole rings is 1. The van der Waals surface area contributed by atoms with E-state index in [1.165, 1.54) is 12.8 Å². The quantitative estimate of drug-likeness (QED) is 0.925. The average molecular weight is 282 g/mol. The van der Waals surface area contributed by atoms with Crippen molar-refractivity contribution in [2.45, 2.75) is 52.0 Å². The topological polar surface area (TPSA) is 53.4 Å². The van der Waals surface area contributed by atoms with Crippen LogP contribution < -0.4 is 4.90 Å². The Morgan fingerprint density at radius 2 is 2.21 bits per heavy atom. The van der Waals surface area contributed by atoms with Gasteiger partial charge >= 0.3 is 5.97 Å². The number of rotatable bonds is 3. The molecule has 0 spiro atoms. The van der Waals surface area contributed by atoms with Crippen molar-refractivity contribution in [3.05, 3.63) is 11.1 Å². The molecule has 1 N–H and O–H groups in total. The molecule has 1 aromatic heterocycles. The van der Waals surface area contributed by atoms with E-state index in [1.807, 2.05) is 5.38 Å². The van der Waals surface area contributed by atoms with Crippen LogP contribution in [0.2, 0.25) is 0 Å². The van der Waals surface area contributed by atoms with Crippen LogP contribution >= 0.6 is 11.3 Å². The Morgan fingerprint density at radius 1 is 1.53 bits per heavy atom. The normalized spacial score (nSPS) is 24.5. The highest BCUT2D eigenvalue weighted by molar-refractivity contribution is 7.13. The number of hydrogen-bond acceptors (Lipinski definition) is 4. The zero-order valence-corrected chi connectivity index (χ0v) is 12.8. The van der Waals surface area contributed by atoms with Gasteiger partial charge in [-0.3, -0.25) is 4.79 Å². The fourth-order valence-electron chi connectivity index (χ4n) is 2.48. The summed E-state index contributed by atoms with van der Waals surface area (Å²) in [6, 6.07) is 0.482. The molecule has 0 aliphatic carbocycles. The van der Waals surface area contributed by atoms with Crippen LogP contribution in [0.4, 0.5) is 5.13 Å². The summed E-state index contributed by atoms with van der Waals surface area (Å²) in [5.74, 6) is -0.0641. The SMILES string of the molecule is CC1CCN(c2nc(C(C)(C)C(=O)O)cs2)C(C)C1. The largest absolute Gasteiger partial charge is 0.481 e. The van der Waals surface area contributed by atoms with Gasteiger partial charge in [0.05, 0.1) is 5.69 Å². The van der Waals surface area contributed by atoms with E-state index in [-0.39, 0.29) is 0 Å². The maximum atomic E-state index is 11.3. The molecule has 0 bridgehead atoms. The molecule has 0 amide bonds. The molecule has 4 nitrogen and oxygen atoms in total. The Hall–Kier alpha value is -1.10. The fourth-order valence-corrected chi connectivity index (χ4v) is 3.61. The zero-order chi connectivity index (χ0) is 14.2. The molecule has 1 saturated heterocycles. The summed E-state index contributed by atoms with van der Waals surface area (Å²) < 4.78 is 0. The number of aromatic nitrogens is 1. The number of carboxylic acids is 1. The summed E-state index contributed by atoms with van der Waals surface area (Å²) in [6.07, 6.45) is 2.36. The summed E-state index contributed by atoms with van der Waals surface area (Å²) in [6.45, 7) is 8.93. The minimum Gasteiger partial charge on any atom is -0.481 e. The summed E-state index contributed by atoms with van der Waals surface area (Å²) in [4.78, 5) is 18.1. The van der Waals surface area contributed by atoms with Crippen molar-refractivity contribution < 1.29 is 9.90 Å². The smallest absolute Gasteiger partial charge is 0.315 e. The van der Waals surface area contributed by atoms with E-state index in [1.54, 1.807) is 25.2 Å². The number of aliphatic carboxylic acids is 1. The first-order valence-electron chi connectivity index (χ1n) is 6.78. The van der Waals surface area contributed by atoms with Gasteiger partial charge < -0.3 is 10.0 Å². The van der Waals surface area contributed by atoms with Crippen LogP contribution in [0.5, 0.6) is 0 Å². The van der Waals surface area contributed by atoms with Crippen LogP contribution in [0.3, 0.4) is 0 Å². The van der Waals surface area contributed by atoms with Crippen molar-refractivity contribution >= 4 is 22.4 Å². The molecule has 5 heteroatoms. The number of piperidine rings is 1. The molecule has 2 unspecified atom stereocenters. The Kier molecular flexibility index (Phi) is 3.85. The van der Waals surface area contributed by atoms with Gasteiger partial charge in [-0.25, -0.2) is 4.98 Å². The molecule has 1 aliphatic rings. The van der Waals surface area contributed by atoms with Crippen molar-refractivity contribution in [3.8, 4) is 0 Å². The Bertz CT molecular complexity index is 470. The Balaban J connectivity index is 2.20. The van der Waals surface area contributed by atoms with Gasteiger partial charge in [0, 0.05) is 18.0 Å². The van der Waals surface area contributed by atoms with Gasteiger partial charge in [0.15, 0.2) is 5.13 Å². The predicted molar refractivity (Wildman–Crippen MR) is 78.0 cm³/mol. The average Bonchev–Trinajstić information content (AvgIpc) is 2.78. The fraction of sp³-hybridized carbons (Fsp3) is 0.714. The maximum absolute atomic E-state index is 11.3. The molecular weight excluding hydrogens is 260 g/mol. The number of anilines is 1. The van der Waals surface area contributed by atoms with Gasteiger partial charge in [0.1, 0.15) is 5.41 Å².